The highest BCUT2D eigenvalue weighted by molar-refractivity contribution is 5.69. The Kier molecular flexibility index (Phi) is 2.51. The second-order valence-corrected chi connectivity index (χ2v) is 6.83. The van der Waals surface area contributed by atoms with Crippen LogP contribution in [0.4, 0.5) is 0 Å². The van der Waals surface area contributed by atoms with Gasteiger partial charge in [-0.3, -0.25) is 4.79 Å². The van der Waals surface area contributed by atoms with E-state index in [-0.39, 0.29) is 6.42 Å². The summed E-state index contributed by atoms with van der Waals surface area (Å²) in [5.41, 5.74) is 0. The van der Waals surface area contributed by atoms with Gasteiger partial charge in [-0.2, -0.15) is 0 Å². The molecule has 4 aliphatic carbocycles. The molecule has 1 aromatic heterocycles. The third kappa shape index (κ3) is 1.90. The SMILES string of the molecule is O=C(O)Cc1ccc(C2C3CC4CC(C3)CC2C4)o1. The first kappa shape index (κ1) is 11.6. The average Bonchev–Trinajstić information content (AvgIpc) is 2.75. The molecule has 0 saturated heterocycles. The zero-order chi connectivity index (χ0) is 13.0. The van der Waals surface area contributed by atoms with Crippen molar-refractivity contribution >= 4 is 5.97 Å². The first-order chi connectivity index (χ1) is 9.19. The van der Waals surface area contributed by atoms with Crippen LogP contribution < -0.4 is 0 Å². The van der Waals surface area contributed by atoms with E-state index >= 15 is 0 Å². The third-order valence-electron chi connectivity index (χ3n) is 5.56. The fraction of sp³-hybridized carbons (Fsp3) is 0.688. The van der Waals surface area contributed by atoms with E-state index < -0.39 is 5.97 Å². The van der Waals surface area contributed by atoms with Gasteiger partial charge in [-0.15, -0.1) is 0 Å². The minimum Gasteiger partial charge on any atom is -0.481 e. The Balaban J connectivity index is 1.58. The fourth-order valence-electron chi connectivity index (χ4n) is 5.21. The van der Waals surface area contributed by atoms with Crippen LogP contribution in [0.3, 0.4) is 0 Å². The van der Waals surface area contributed by atoms with Gasteiger partial charge in [-0.25, -0.2) is 0 Å². The number of hydrogen-bond acceptors (Lipinski definition) is 2. The van der Waals surface area contributed by atoms with Crippen molar-refractivity contribution in [1.82, 2.24) is 0 Å². The zero-order valence-corrected chi connectivity index (χ0v) is 11.0. The van der Waals surface area contributed by atoms with Crippen molar-refractivity contribution < 1.29 is 14.3 Å². The summed E-state index contributed by atoms with van der Waals surface area (Å²) in [7, 11) is 0. The maximum absolute atomic E-state index is 10.7. The molecule has 0 atom stereocenters. The van der Waals surface area contributed by atoms with Crippen molar-refractivity contribution in [2.75, 3.05) is 0 Å². The van der Waals surface area contributed by atoms with Crippen molar-refractivity contribution in [3.8, 4) is 0 Å². The summed E-state index contributed by atoms with van der Waals surface area (Å²) >= 11 is 0. The molecule has 4 saturated carbocycles. The van der Waals surface area contributed by atoms with Crippen molar-refractivity contribution in [3.05, 3.63) is 23.7 Å². The topological polar surface area (TPSA) is 50.4 Å². The molecule has 4 fully saturated rings. The van der Waals surface area contributed by atoms with Crippen molar-refractivity contribution in [3.63, 3.8) is 0 Å². The molecule has 102 valence electrons. The summed E-state index contributed by atoms with van der Waals surface area (Å²) in [4.78, 5) is 10.7. The van der Waals surface area contributed by atoms with E-state index in [1.54, 1.807) is 0 Å². The molecule has 1 heterocycles. The first-order valence-corrected chi connectivity index (χ1v) is 7.49. The number of furan rings is 1. The summed E-state index contributed by atoms with van der Waals surface area (Å²) in [6, 6.07) is 3.89. The number of carbonyl (C=O) groups is 1. The molecule has 4 aliphatic rings. The van der Waals surface area contributed by atoms with Crippen LogP contribution in [0.15, 0.2) is 16.5 Å². The minimum atomic E-state index is -0.814. The predicted octanol–water partition coefficient (Wildman–Crippen LogP) is 3.45. The molecule has 1 aromatic rings. The molecule has 0 amide bonds. The summed E-state index contributed by atoms with van der Waals surface area (Å²) in [6.07, 6.45) is 6.94. The normalized spacial score (nSPS) is 39.7. The summed E-state index contributed by atoms with van der Waals surface area (Å²) < 4.78 is 5.84. The molecule has 4 bridgehead atoms. The molecule has 5 rings (SSSR count). The number of hydrogen-bond donors (Lipinski definition) is 1. The lowest BCUT2D eigenvalue weighted by Crippen LogP contribution is -2.43. The van der Waals surface area contributed by atoms with Crippen LogP contribution in [0.5, 0.6) is 0 Å². The van der Waals surface area contributed by atoms with Crippen LogP contribution in [0.2, 0.25) is 0 Å². The summed E-state index contributed by atoms with van der Waals surface area (Å²) in [6.45, 7) is 0. The zero-order valence-electron chi connectivity index (χ0n) is 11.0. The quantitative estimate of drug-likeness (QED) is 0.905. The van der Waals surface area contributed by atoms with E-state index in [0.29, 0.717) is 11.7 Å². The van der Waals surface area contributed by atoms with Crippen molar-refractivity contribution in [2.24, 2.45) is 23.7 Å². The summed E-state index contributed by atoms with van der Waals surface area (Å²) in [5, 5.41) is 8.83. The Morgan fingerprint density at radius 3 is 2.32 bits per heavy atom. The number of carboxylic acids is 1. The van der Waals surface area contributed by atoms with Crippen molar-refractivity contribution in [2.45, 2.75) is 44.4 Å². The molecule has 0 radical (unpaired) electrons. The molecule has 3 nitrogen and oxygen atoms in total. The Bertz CT molecular complexity index is 474. The standard InChI is InChI=1S/C16H20O3/c17-15(18)8-13-1-2-14(19-13)16-11-4-9-3-10(6-11)7-12(16)5-9/h1-2,9-12,16H,3-8H2,(H,17,18). The summed E-state index contributed by atoms with van der Waals surface area (Å²) in [5.74, 6) is 4.93. The molecular weight excluding hydrogens is 240 g/mol. The molecule has 0 aromatic carbocycles. The smallest absolute Gasteiger partial charge is 0.311 e. The van der Waals surface area contributed by atoms with Gasteiger partial charge in [0.25, 0.3) is 0 Å². The Morgan fingerprint density at radius 1 is 1.11 bits per heavy atom. The highest BCUT2D eigenvalue weighted by Gasteiger charge is 2.49. The van der Waals surface area contributed by atoms with Gasteiger partial charge in [-0.05, 0) is 67.9 Å². The predicted molar refractivity (Wildman–Crippen MR) is 69.8 cm³/mol. The average molecular weight is 260 g/mol. The van der Waals surface area contributed by atoms with Gasteiger partial charge in [0.05, 0.1) is 0 Å². The lowest BCUT2D eigenvalue weighted by Gasteiger charge is -2.53. The van der Waals surface area contributed by atoms with Crippen LogP contribution in [-0.2, 0) is 11.2 Å². The largest absolute Gasteiger partial charge is 0.481 e. The van der Waals surface area contributed by atoms with Gasteiger partial charge in [0.15, 0.2) is 0 Å². The number of aliphatic carboxylic acids is 1. The number of rotatable bonds is 3. The highest BCUT2D eigenvalue weighted by Crippen LogP contribution is 2.59. The van der Waals surface area contributed by atoms with Crippen molar-refractivity contribution in [1.29, 1.82) is 0 Å². The molecule has 0 unspecified atom stereocenters. The van der Waals surface area contributed by atoms with Gasteiger partial charge in [0.2, 0.25) is 0 Å². The van der Waals surface area contributed by atoms with E-state index in [2.05, 4.69) is 0 Å². The van der Waals surface area contributed by atoms with Crippen LogP contribution in [0.1, 0.15) is 49.5 Å². The Hall–Kier alpha value is -1.25. The molecular formula is C16H20O3. The molecule has 0 aliphatic heterocycles. The Morgan fingerprint density at radius 2 is 1.74 bits per heavy atom. The van der Waals surface area contributed by atoms with Gasteiger partial charge >= 0.3 is 5.97 Å². The second-order valence-electron chi connectivity index (χ2n) is 6.83. The van der Waals surface area contributed by atoms with Gasteiger partial charge in [-0.1, -0.05) is 0 Å². The van der Waals surface area contributed by atoms with Crippen LogP contribution in [0, 0.1) is 23.7 Å². The lowest BCUT2D eigenvalue weighted by molar-refractivity contribution is -0.136. The first-order valence-electron chi connectivity index (χ1n) is 7.49. The Labute approximate surface area is 113 Å². The van der Waals surface area contributed by atoms with Crippen LogP contribution >= 0.6 is 0 Å². The van der Waals surface area contributed by atoms with E-state index in [1.165, 1.54) is 32.1 Å². The third-order valence-corrected chi connectivity index (χ3v) is 5.56. The monoisotopic (exact) mass is 260 g/mol. The molecule has 19 heavy (non-hydrogen) atoms. The van der Waals surface area contributed by atoms with E-state index in [0.717, 1.165) is 29.4 Å². The van der Waals surface area contributed by atoms with Gasteiger partial charge in [0, 0.05) is 5.92 Å². The maximum atomic E-state index is 10.7. The van der Waals surface area contributed by atoms with Crippen LogP contribution in [-0.4, -0.2) is 11.1 Å². The molecule has 3 heteroatoms. The van der Waals surface area contributed by atoms with E-state index in [4.69, 9.17) is 9.52 Å². The van der Waals surface area contributed by atoms with Gasteiger partial charge < -0.3 is 9.52 Å². The lowest BCUT2D eigenvalue weighted by atomic mass is 9.51. The van der Waals surface area contributed by atoms with E-state index in [9.17, 15) is 4.79 Å². The molecule has 1 N–H and O–H groups in total. The minimum absolute atomic E-state index is 0.00725. The number of carboxylic acid groups (broad SMARTS) is 1. The van der Waals surface area contributed by atoms with E-state index in [1.807, 2.05) is 12.1 Å². The molecule has 0 spiro atoms. The maximum Gasteiger partial charge on any atom is 0.311 e. The fourth-order valence-corrected chi connectivity index (χ4v) is 5.21. The van der Waals surface area contributed by atoms with Gasteiger partial charge in [0.1, 0.15) is 17.9 Å². The second kappa shape index (κ2) is 4.12. The van der Waals surface area contributed by atoms with Crippen LogP contribution in [0.25, 0.3) is 0 Å². The highest BCUT2D eigenvalue weighted by atomic mass is 16.4.